The van der Waals surface area contributed by atoms with E-state index in [-0.39, 0.29) is 16.3 Å². The highest BCUT2D eigenvalue weighted by Gasteiger charge is 2.18. The topological polar surface area (TPSA) is 110 Å². The van der Waals surface area contributed by atoms with Gasteiger partial charge in [0.25, 0.3) is 15.8 Å². The van der Waals surface area contributed by atoms with Crippen molar-refractivity contribution < 1.29 is 17.9 Å². The van der Waals surface area contributed by atoms with E-state index >= 15 is 0 Å². The van der Waals surface area contributed by atoms with Crippen molar-refractivity contribution in [2.24, 2.45) is 0 Å². The Bertz CT molecular complexity index is 511. The van der Waals surface area contributed by atoms with Crippen molar-refractivity contribution in [3.05, 3.63) is 28.3 Å². The summed E-state index contributed by atoms with van der Waals surface area (Å²) in [5.74, 6) is 0. The molecule has 0 bridgehead atoms. The van der Waals surface area contributed by atoms with Crippen LogP contribution in [0.5, 0.6) is 0 Å². The summed E-state index contributed by atoms with van der Waals surface area (Å²) >= 11 is 0. The third-order valence-corrected chi connectivity index (χ3v) is 2.73. The highest BCUT2D eigenvalue weighted by atomic mass is 32.2. The van der Waals surface area contributed by atoms with Gasteiger partial charge >= 0.3 is 0 Å². The molecule has 7 nitrogen and oxygen atoms in total. The van der Waals surface area contributed by atoms with Gasteiger partial charge in [-0.1, -0.05) is 0 Å². The van der Waals surface area contributed by atoms with Crippen LogP contribution in [-0.2, 0) is 10.1 Å². The zero-order valence-corrected chi connectivity index (χ0v) is 9.19. The Hall–Kier alpha value is -1.67. The Balaban J connectivity index is 3.36. The van der Waals surface area contributed by atoms with Gasteiger partial charge in [0.1, 0.15) is 4.90 Å². The number of hydrogen-bond donors (Lipinski definition) is 2. The second-order valence-electron chi connectivity index (χ2n) is 2.94. The fraction of sp³-hybridized carbons (Fsp3) is 0.250. The molecule has 0 fully saturated rings. The van der Waals surface area contributed by atoms with Crippen LogP contribution in [0.4, 0.5) is 11.4 Å². The van der Waals surface area contributed by atoms with E-state index in [2.05, 4.69) is 5.32 Å². The van der Waals surface area contributed by atoms with Gasteiger partial charge in [0, 0.05) is 18.7 Å². The van der Waals surface area contributed by atoms with Crippen LogP contribution < -0.4 is 5.32 Å². The molecule has 0 heterocycles. The summed E-state index contributed by atoms with van der Waals surface area (Å²) in [5.41, 5.74) is -0.234. The Morgan fingerprint density at radius 3 is 2.56 bits per heavy atom. The number of non-ortho nitro benzene ring substituents is 1. The molecular weight excluding hydrogens is 236 g/mol. The third-order valence-electron chi connectivity index (χ3n) is 1.82. The highest BCUT2D eigenvalue weighted by Crippen LogP contribution is 2.25. The van der Waals surface area contributed by atoms with Gasteiger partial charge in [-0.25, -0.2) is 0 Å². The second kappa shape index (κ2) is 4.45. The smallest absolute Gasteiger partial charge is 0.296 e. The molecule has 0 aliphatic rings. The van der Waals surface area contributed by atoms with Gasteiger partial charge in [0.05, 0.1) is 10.6 Å². The van der Waals surface area contributed by atoms with Gasteiger partial charge in [0.15, 0.2) is 0 Å². The summed E-state index contributed by atoms with van der Waals surface area (Å²) in [6.45, 7) is 2.08. The van der Waals surface area contributed by atoms with Crippen LogP contribution in [0.15, 0.2) is 23.1 Å². The standard InChI is InChI=1S/C8H10N2O5S/c1-2-9-7-5-6(10(11)12)3-4-8(7)16(13,14)15/h3-5,9H,2H2,1H3,(H,13,14,15). The molecule has 8 heteroatoms. The highest BCUT2D eigenvalue weighted by molar-refractivity contribution is 7.86. The normalized spacial score (nSPS) is 11.1. The average Bonchev–Trinajstić information content (AvgIpc) is 2.16. The van der Waals surface area contributed by atoms with Crippen LogP contribution in [0.2, 0.25) is 0 Å². The van der Waals surface area contributed by atoms with E-state index in [0.29, 0.717) is 6.54 Å². The van der Waals surface area contributed by atoms with E-state index < -0.39 is 15.0 Å². The molecule has 1 aromatic carbocycles. The van der Waals surface area contributed by atoms with Crippen molar-refractivity contribution >= 4 is 21.5 Å². The summed E-state index contributed by atoms with van der Waals surface area (Å²) < 4.78 is 30.8. The molecule has 1 rings (SSSR count). The van der Waals surface area contributed by atoms with E-state index in [0.717, 1.165) is 18.2 Å². The van der Waals surface area contributed by atoms with E-state index in [9.17, 15) is 18.5 Å². The third kappa shape index (κ3) is 2.67. The molecule has 0 spiro atoms. The quantitative estimate of drug-likeness (QED) is 0.470. The van der Waals surface area contributed by atoms with Crippen LogP contribution in [-0.4, -0.2) is 24.4 Å². The van der Waals surface area contributed by atoms with Crippen LogP contribution in [0, 0.1) is 10.1 Å². The largest absolute Gasteiger partial charge is 0.384 e. The maximum Gasteiger partial charge on any atom is 0.296 e. The number of nitrogens with one attached hydrogen (secondary N) is 1. The van der Waals surface area contributed by atoms with Crippen molar-refractivity contribution in [2.75, 3.05) is 11.9 Å². The summed E-state index contributed by atoms with van der Waals surface area (Å²) in [4.78, 5) is 9.46. The molecule has 0 unspecified atom stereocenters. The number of rotatable bonds is 4. The number of hydrogen-bond acceptors (Lipinski definition) is 5. The molecule has 16 heavy (non-hydrogen) atoms. The number of nitrogens with zero attached hydrogens (tertiary/aromatic N) is 1. The zero-order valence-electron chi connectivity index (χ0n) is 8.37. The fourth-order valence-electron chi connectivity index (χ4n) is 1.19. The maximum atomic E-state index is 11.0. The van der Waals surface area contributed by atoms with Gasteiger partial charge in [0.2, 0.25) is 0 Å². The van der Waals surface area contributed by atoms with Gasteiger partial charge < -0.3 is 5.32 Å². The predicted octanol–water partition coefficient (Wildman–Crippen LogP) is 1.27. The minimum absolute atomic E-state index is 0.0131. The average molecular weight is 246 g/mol. The molecule has 0 aliphatic heterocycles. The molecule has 0 radical (unpaired) electrons. The minimum atomic E-state index is -4.38. The van der Waals surface area contributed by atoms with E-state index in [1.807, 2.05) is 0 Å². The molecule has 0 saturated carbocycles. The lowest BCUT2D eigenvalue weighted by molar-refractivity contribution is -0.384. The van der Waals surface area contributed by atoms with Gasteiger partial charge in [-0.3, -0.25) is 14.7 Å². The molecular formula is C8H10N2O5S. The van der Waals surface area contributed by atoms with Crippen LogP contribution in [0.3, 0.4) is 0 Å². The summed E-state index contributed by atoms with van der Waals surface area (Å²) in [6.07, 6.45) is 0. The van der Waals surface area contributed by atoms with E-state index in [4.69, 9.17) is 4.55 Å². The molecule has 0 aliphatic carbocycles. The monoisotopic (exact) mass is 246 g/mol. The summed E-state index contributed by atoms with van der Waals surface area (Å²) in [6, 6.07) is 3.07. The Kier molecular flexibility index (Phi) is 3.45. The van der Waals surface area contributed by atoms with Gasteiger partial charge in [-0.2, -0.15) is 8.42 Å². The minimum Gasteiger partial charge on any atom is -0.384 e. The van der Waals surface area contributed by atoms with Crippen molar-refractivity contribution in [3.8, 4) is 0 Å². The molecule has 0 atom stereocenters. The van der Waals surface area contributed by atoms with Crippen LogP contribution in [0.25, 0.3) is 0 Å². The van der Waals surface area contributed by atoms with Gasteiger partial charge in [-0.15, -0.1) is 0 Å². The summed E-state index contributed by atoms with van der Waals surface area (Å²) in [7, 11) is -4.38. The number of anilines is 1. The van der Waals surface area contributed by atoms with Gasteiger partial charge in [-0.05, 0) is 13.0 Å². The second-order valence-corrected chi connectivity index (χ2v) is 4.33. The van der Waals surface area contributed by atoms with Crippen molar-refractivity contribution in [3.63, 3.8) is 0 Å². The SMILES string of the molecule is CCNc1cc([N+](=O)[O-])ccc1S(=O)(=O)O. The van der Waals surface area contributed by atoms with Crippen LogP contribution in [0.1, 0.15) is 6.92 Å². The molecule has 0 saturated heterocycles. The first-order valence-electron chi connectivity index (χ1n) is 4.36. The van der Waals surface area contributed by atoms with Crippen LogP contribution >= 0.6 is 0 Å². The zero-order chi connectivity index (χ0) is 12.3. The molecule has 2 N–H and O–H groups in total. The first kappa shape index (κ1) is 12.4. The fourth-order valence-corrected chi connectivity index (χ4v) is 1.83. The van der Waals surface area contributed by atoms with E-state index in [1.165, 1.54) is 0 Å². The lowest BCUT2D eigenvalue weighted by Gasteiger charge is -2.07. The Morgan fingerprint density at radius 1 is 1.50 bits per heavy atom. The first-order chi connectivity index (χ1) is 7.36. The van der Waals surface area contributed by atoms with Crippen molar-refractivity contribution in [1.29, 1.82) is 0 Å². The lowest BCUT2D eigenvalue weighted by atomic mass is 10.3. The number of nitro groups is 1. The summed E-state index contributed by atoms with van der Waals surface area (Å²) in [5, 5.41) is 13.1. The molecule has 1 aromatic rings. The maximum absolute atomic E-state index is 11.0. The molecule has 0 amide bonds. The lowest BCUT2D eigenvalue weighted by Crippen LogP contribution is -2.06. The number of benzene rings is 1. The molecule has 88 valence electrons. The Labute approximate surface area is 92.0 Å². The van der Waals surface area contributed by atoms with Crippen molar-refractivity contribution in [1.82, 2.24) is 0 Å². The predicted molar refractivity (Wildman–Crippen MR) is 57.1 cm³/mol. The number of nitro benzene ring substituents is 1. The van der Waals surface area contributed by atoms with Crippen molar-refractivity contribution in [2.45, 2.75) is 11.8 Å². The first-order valence-corrected chi connectivity index (χ1v) is 5.80. The molecule has 0 aromatic heterocycles. The Morgan fingerprint density at radius 2 is 2.12 bits per heavy atom. The van der Waals surface area contributed by atoms with E-state index in [1.54, 1.807) is 6.92 Å².